The highest BCUT2D eigenvalue weighted by molar-refractivity contribution is 6.01. The van der Waals surface area contributed by atoms with Crippen LogP contribution in [0.25, 0.3) is 11.3 Å². The van der Waals surface area contributed by atoms with Crippen LogP contribution in [0, 0.1) is 5.82 Å². The number of fused-ring (bicyclic) bond motifs is 1. The topological polar surface area (TPSA) is 84.1 Å². The minimum Gasteiger partial charge on any atom is -0.367 e. The molecule has 0 spiro atoms. The zero-order valence-corrected chi connectivity index (χ0v) is 19.7. The molecule has 0 unspecified atom stereocenters. The molecule has 4 aromatic rings. The Kier molecular flexibility index (Phi) is 7.00. The lowest BCUT2D eigenvalue weighted by molar-refractivity contribution is -0.121. The Morgan fingerprint density at radius 2 is 1.83 bits per heavy atom. The number of nitrogens with one attached hydrogen (secondary N) is 2. The molecule has 0 saturated heterocycles. The van der Waals surface area contributed by atoms with Crippen molar-refractivity contribution >= 4 is 17.5 Å². The first-order chi connectivity index (χ1) is 17.6. The fourth-order valence-corrected chi connectivity index (χ4v) is 4.57. The number of halogens is 1. The summed E-state index contributed by atoms with van der Waals surface area (Å²) < 4.78 is 18.5. The molecule has 5 rings (SSSR count). The first-order valence-electron chi connectivity index (χ1n) is 12.0. The summed E-state index contributed by atoms with van der Waals surface area (Å²) in [5.74, 6) is -0.0908. The van der Waals surface area contributed by atoms with Crippen molar-refractivity contribution in [3.8, 4) is 11.3 Å². The van der Waals surface area contributed by atoms with Gasteiger partial charge in [0.15, 0.2) is 5.78 Å². The standard InChI is InChI=1S/C29H26FN3O3/c30-22-11-9-20(10-12-22)17-36-18-27(35)33-26-16-21(13-14-31-26)29-23(15-19-5-2-1-3-6-19)28-24(32-29)7-4-8-25(28)34/h1-3,5-6,9-14,16,32H,4,7-8,15,17-18H2,(H,31,33,35). The molecule has 0 radical (unpaired) electrons. The quantitative estimate of drug-likeness (QED) is 0.348. The van der Waals surface area contributed by atoms with Crippen molar-refractivity contribution < 1.29 is 18.7 Å². The average Bonchev–Trinajstić information content (AvgIpc) is 3.25. The van der Waals surface area contributed by atoms with E-state index in [0.717, 1.165) is 52.0 Å². The number of pyridine rings is 1. The number of anilines is 1. The normalized spacial score (nSPS) is 12.9. The number of Topliss-reactive ketones (excluding diaryl/α,β-unsaturated/α-hetero) is 1. The summed E-state index contributed by atoms with van der Waals surface area (Å²) in [5.41, 5.74) is 6.39. The molecule has 1 amide bonds. The van der Waals surface area contributed by atoms with Crippen molar-refractivity contribution in [2.45, 2.75) is 32.3 Å². The van der Waals surface area contributed by atoms with Gasteiger partial charge in [0.2, 0.25) is 0 Å². The van der Waals surface area contributed by atoms with Gasteiger partial charge >= 0.3 is 0 Å². The van der Waals surface area contributed by atoms with Crippen LogP contribution in [0.15, 0.2) is 72.9 Å². The smallest absolute Gasteiger partial charge is 0.251 e. The SMILES string of the molecule is O=C(COCc1ccc(F)cc1)Nc1cc(-c2[nH]c3c(c2Cc2ccccc2)C(=O)CCC3)ccn1. The number of hydrogen-bond acceptors (Lipinski definition) is 4. The Bertz CT molecular complexity index is 1380. The largest absolute Gasteiger partial charge is 0.367 e. The molecule has 36 heavy (non-hydrogen) atoms. The summed E-state index contributed by atoms with van der Waals surface area (Å²) in [5, 5.41) is 2.77. The van der Waals surface area contributed by atoms with Crippen molar-refractivity contribution in [2.24, 2.45) is 0 Å². The first-order valence-corrected chi connectivity index (χ1v) is 12.0. The molecule has 2 aromatic carbocycles. The van der Waals surface area contributed by atoms with Gasteiger partial charge in [0.1, 0.15) is 18.2 Å². The molecule has 0 bridgehead atoms. The van der Waals surface area contributed by atoms with E-state index in [4.69, 9.17) is 4.74 Å². The highest BCUT2D eigenvalue weighted by Crippen LogP contribution is 2.35. The van der Waals surface area contributed by atoms with Gasteiger partial charge in [0.25, 0.3) is 5.91 Å². The maximum Gasteiger partial charge on any atom is 0.251 e. The first kappa shape index (κ1) is 23.6. The van der Waals surface area contributed by atoms with E-state index >= 15 is 0 Å². The second-order valence-electron chi connectivity index (χ2n) is 8.87. The number of ketones is 1. The van der Waals surface area contributed by atoms with Gasteiger partial charge in [-0.3, -0.25) is 9.59 Å². The molecule has 0 fully saturated rings. The molecule has 2 N–H and O–H groups in total. The van der Waals surface area contributed by atoms with Crippen LogP contribution in [-0.4, -0.2) is 28.3 Å². The summed E-state index contributed by atoms with van der Waals surface area (Å²) in [6.07, 6.45) is 4.50. The third-order valence-electron chi connectivity index (χ3n) is 6.25. The zero-order chi connectivity index (χ0) is 24.9. The van der Waals surface area contributed by atoms with E-state index in [1.807, 2.05) is 24.3 Å². The van der Waals surface area contributed by atoms with Crippen LogP contribution < -0.4 is 5.32 Å². The van der Waals surface area contributed by atoms with Crippen LogP contribution in [0.1, 0.15) is 45.6 Å². The number of carbonyl (C=O) groups is 2. The number of aromatic nitrogens is 2. The van der Waals surface area contributed by atoms with Crippen LogP contribution >= 0.6 is 0 Å². The van der Waals surface area contributed by atoms with Crippen molar-refractivity contribution in [2.75, 3.05) is 11.9 Å². The lowest BCUT2D eigenvalue weighted by Gasteiger charge is -2.12. The van der Waals surface area contributed by atoms with E-state index in [2.05, 4.69) is 27.4 Å². The summed E-state index contributed by atoms with van der Waals surface area (Å²) >= 11 is 0. The third kappa shape index (κ3) is 5.42. The highest BCUT2D eigenvalue weighted by atomic mass is 19.1. The molecular formula is C29H26FN3O3. The summed E-state index contributed by atoms with van der Waals surface area (Å²) in [6, 6.07) is 19.7. The number of aromatic amines is 1. The Labute approximate surface area is 208 Å². The number of benzene rings is 2. The van der Waals surface area contributed by atoms with Gasteiger partial charge in [0, 0.05) is 35.9 Å². The summed E-state index contributed by atoms with van der Waals surface area (Å²) in [4.78, 5) is 33.1. The Balaban J connectivity index is 1.33. The van der Waals surface area contributed by atoms with Gasteiger partial charge in [-0.1, -0.05) is 42.5 Å². The molecule has 0 aliphatic heterocycles. The van der Waals surface area contributed by atoms with Crippen LogP contribution in [0.4, 0.5) is 10.2 Å². The second-order valence-corrected chi connectivity index (χ2v) is 8.87. The molecule has 0 saturated carbocycles. The molecule has 1 aliphatic rings. The fourth-order valence-electron chi connectivity index (χ4n) is 4.57. The Morgan fingerprint density at radius 3 is 2.64 bits per heavy atom. The molecule has 6 nitrogen and oxygen atoms in total. The predicted octanol–water partition coefficient (Wildman–Crippen LogP) is 5.48. The lowest BCUT2D eigenvalue weighted by Crippen LogP contribution is -2.19. The van der Waals surface area contributed by atoms with Crippen molar-refractivity contribution in [3.63, 3.8) is 0 Å². The van der Waals surface area contributed by atoms with Crippen LogP contribution in [0.3, 0.4) is 0 Å². The number of ether oxygens (including phenoxy) is 1. The van der Waals surface area contributed by atoms with E-state index < -0.39 is 0 Å². The van der Waals surface area contributed by atoms with E-state index in [1.54, 1.807) is 24.4 Å². The lowest BCUT2D eigenvalue weighted by atomic mass is 9.90. The molecule has 2 aromatic heterocycles. The number of carbonyl (C=O) groups excluding carboxylic acids is 2. The number of H-pyrrole nitrogens is 1. The van der Waals surface area contributed by atoms with Crippen molar-refractivity contribution in [3.05, 3.63) is 107 Å². The van der Waals surface area contributed by atoms with Gasteiger partial charge in [0.05, 0.1) is 12.3 Å². The highest BCUT2D eigenvalue weighted by Gasteiger charge is 2.26. The number of rotatable bonds is 8. The van der Waals surface area contributed by atoms with Gasteiger partial charge in [-0.2, -0.15) is 0 Å². The number of amides is 1. The van der Waals surface area contributed by atoms with Gasteiger partial charge in [-0.15, -0.1) is 0 Å². The maximum absolute atomic E-state index is 13.0. The van der Waals surface area contributed by atoms with Crippen molar-refractivity contribution in [1.29, 1.82) is 0 Å². The number of aryl methyl sites for hydroxylation is 1. The molecule has 0 atom stereocenters. The minimum atomic E-state index is -0.341. The van der Waals surface area contributed by atoms with E-state index in [9.17, 15) is 14.0 Å². The monoisotopic (exact) mass is 483 g/mol. The maximum atomic E-state index is 13.0. The van der Waals surface area contributed by atoms with E-state index in [-0.39, 0.29) is 30.7 Å². The van der Waals surface area contributed by atoms with Crippen LogP contribution in [-0.2, 0) is 29.0 Å². The predicted molar refractivity (Wildman–Crippen MR) is 135 cm³/mol. The van der Waals surface area contributed by atoms with Gasteiger partial charge in [-0.05, 0) is 53.8 Å². The molecular weight excluding hydrogens is 457 g/mol. The van der Waals surface area contributed by atoms with E-state index in [0.29, 0.717) is 18.7 Å². The summed E-state index contributed by atoms with van der Waals surface area (Å²) in [6.45, 7) is 0.0416. The zero-order valence-electron chi connectivity index (χ0n) is 19.7. The Morgan fingerprint density at radius 1 is 1.03 bits per heavy atom. The minimum absolute atomic E-state index is 0.159. The molecule has 7 heteroatoms. The molecule has 2 heterocycles. The van der Waals surface area contributed by atoms with E-state index in [1.165, 1.54) is 12.1 Å². The van der Waals surface area contributed by atoms with Crippen LogP contribution in [0.2, 0.25) is 0 Å². The number of hydrogen-bond donors (Lipinski definition) is 2. The second kappa shape index (κ2) is 10.7. The summed E-state index contributed by atoms with van der Waals surface area (Å²) in [7, 11) is 0. The molecule has 182 valence electrons. The van der Waals surface area contributed by atoms with Crippen LogP contribution in [0.5, 0.6) is 0 Å². The third-order valence-corrected chi connectivity index (χ3v) is 6.25. The van der Waals surface area contributed by atoms with Gasteiger partial charge in [-0.25, -0.2) is 9.37 Å². The molecule has 1 aliphatic carbocycles. The van der Waals surface area contributed by atoms with Crippen molar-refractivity contribution in [1.82, 2.24) is 9.97 Å². The Hall–Kier alpha value is -4.10. The van der Waals surface area contributed by atoms with Gasteiger partial charge < -0.3 is 15.0 Å². The number of nitrogens with zero attached hydrogens (tertiary/aromatic N) is 1. The average molecular weight is 484 g/mol. The fraction of sp³-hybridized carbons (Fsp3) is 0.207.